The Morgan fingerprint density at radius 2 is 2.00 bits per heavy atom. The third-order valence-corrected chi connectivity index (χ3v) is 3.07. The van der Waals surface area contributed by atoms with Crippen molar-refractivity contribution in [1.82, 2.24) is 20.0 Å². The summed E-state index contributed by atoms with van der Waals surface area (Å²) >= 11 is 5.94. The lowest BCUT2D eigenvalue weighted by molar-refractivity contribution is 0.210. The molecule has 0 spiro atoms. The molecule has 1 aromatic carbocycles. The number of rotatable bonds is 3. The molecule has 2 heterocycles. The maximum absolute atomic E-state index is 10.2. The van der Waals surface area contributed by atoms with E-state index in [1.54, 1.807) is 41.3 Å². The first-order valence-electron chi connectivity index (χ1n) is 6.01. The van der Waals surface area contributed by atoms with Gasteiger partial charge in [-0.2, -0.15) is 0 Å². The number of halogens is 1. The Labute approximate surface area is 120 Å². The molecule has 0 aliphatic heterocycles. The number of aliphatic hydroxyl groups is 1. The number of pyridine rings is 1. The number of hydrogen-bond donors (Lipinski definition) is 1. The summed E-state index contributed by atoms with van der Waals surface area (Å²) in [5, 5.41) is 18.8. The van der Waals surface area contributed by atoms with Crippen LogP contribution in [0.4, 0.5) is 0 Å². The lowest BCUT2D eigenvalue weighted by Crippen LogP contribution is -2.02. The second-order valence-electron chi connectivity index (χ2n) is 4.22. The van der Waals surface area contributed by atoms with Crippen molar-refractivity contribution >= 4 is 11.6 Å². The first kappa shape index (κ1) is 12.8. The van der Waals surface area contributed by atoms with E-state index in [1.807, 2.05) is 18.2 Å². The summed E-state index contributed by atoms with van der Waals surface area (Å²) in [6, 6.07) is 12.6. The van der Waals surface area contributed by atoms with Gasteiger partial charge in [-0.15, -0.1) is 5.10 Å². The van der Waals surface area contributed by atoms with Crippen LogP contribution in [-0.2, 0) is 0 Å². The average Bonchev–Trinajstić information content (AvgIpc) is 2.97. The van der Waals surface area contributed by atoms with Gasteiger partial charge in [0.25, 0.3) is 0 Å². The maximum atomic E-state index is 10.2. The van der Waals surface area contributed by atoms with E-state index >= 15 is 0 Å². The molecule has 1 N–H and O–H groups in total. The van der Waals surface area contributed by atoms with Crippen molar-refractivity contribution in [3.8, 4) is 5.69 Å². The first-order valence-corrected chi connectivity index (χ1v) is 6.39. The number of hydrogen-bond acceptors (Lipinski definition) is 4. The smallest absolute Gasteiger partial charge is 0.141 e. The van der Waals surface area contributed by atoms with Crippen LogP contribution in [-0.4, -0.2) is 25.1 Å². The molecule has 0 saturated heterocycles. The molecule has 6 heteroatoms. The molecule has 0 radical (unpaired) electrons. The zero-order valence-corrected chi connectivity index (χ0v) is 11.1. The monoisotopic (exact) mass is 286 g/mol. The molecular formula is C14H11ClN4O. The minimum Gasteiger partial charge on any atom is -0.380 e. The molecule has 1 unspecified atom stereocenters. The summed E-state index contributed by atoms with van der Waals surface area (Å²) in [7, 11) is 0. The van der Waals surface area contributed by atoms with Crippen molar-refractivity contribution in [2.24, 2.45) is 0 Å². The fourth-order valence-electron chi connectivity index (χ4n) is 1.84. The van der Waals surface area contributed by atoms with Gasteiger partial charge in [0.05, 0.1) is 17.6 Å². The van der Waals surface area contributed by atoms with Gasteiger partial charge in [0.15, 0.2) is 0 Å². The van der Waals surface area contributed by atoms with Gasteiger partial charge in [-0.3, -0.25) is 4.98 Å². The summed E-state index contributed by atoms with van der Waals surface area (Å²) < 4.78 is 1.56. The van der Waals surface area contributed by atoms with Crippen molar-refractivity contribution in [1.29, 1.82) is 0 Å². The van der Waals surface area contributed by atoms with Crippen molar-refractivity contribution in [3.63, 3.8) is 0 Å². The molecule has 0 saturated carbocycles. The van der Waals surface area contributed by atoms with Gasteiger partial charge in [-0.1, -0.05) is 28.9 Å². The van der Waals surface area contributed by atoms with E-state index in [9.17, 15) is 5.11 Å². The third kappa shape index (κ3) is 2.54. The lowest BCUT2D eigenvalue weighted by Gasteiger charge is -2.05. The van der Waals surface area contributed by atoms with Crippen LogP contribution in [0.25, 0.3) is 5.69 Å². The predicted octanol–water partition coefficient (Wildman–Crippen LogP) is 2.40. The Hall–Kier alpha value is -2.24. The van der Waals surface area contributed by atoms with E-state index in [-0.39, 0.29) is 0 Å². The largest absolute Gasteiger partial charge is 0.380 e. The van der Waals surface area contributed by atoms with E-state index in [1.165, 1.54) is 0 Å². The standard InChI is InChI=1S/C14H11ClN4O/c15-10-4-3-5-11(8-10)19-9-13(17-18-19)14(20)12-6-1-2-7-16-12/h1-9,14,20H. The van der Waals surface area contributed by atoms with Crippen LogP contribution in [0.15, 0.2) is 54.9 Å². The first-order chi connectivity index (χ1) is 9.74. The topological polar surface area (TPSA) is 63.8 Å². The van der Waals surface area contributed by atoms with E-state index < -0.39 is 6.10 Å². The van der Waals surface area contributed by atoms with Crippen LogP contribution in [0, 0.1) is 0 Å². The second-order valence-corrected chi connectivity index (χ2v) is 4.66. The Kier molecular flexibility index (Phi) is 3.45. The van der Waals surface area contributed by atoms with Gasteiger partial charge in [0.2, 0.25) is 0 Å². The molecule has 20 heavy (non-hydrogen) atoms. The van der Waals surface area contributed by atoms with Crippen LogP contribution < -0.4 is 0 Å². The van der Waals surface area contributed by atoms with Gasteiger partial charge in [0.1, 0.15) is 11.8 Å². The molecular weight excluding hydrogens is 276 g/mol. The minimum atomic E-state index is -0.899. The highest BCUT2D eigenvalue weighted by Gasteiger charge is 2.15. The SMILES string of the molecule is OC(c1ccccn1)c1cn(-c2cccc(Cl)c2)nn1. The summed E-state index contributed by atoms with van der Waals surface area (Å²) in [6.45, 7) is 0. The number of benzene rings is 1. The lowest BCUT2D eigenvalue weighted by atomic mass is 10.2. The fraction of sp³-hybridized carbons (Fsp3) is 0.0714. The molecule has 0 bridgehead atoms. The Balaban J connectivity index is 1.91. The van der Waals surface area contributed by atoms with Gasteiger partial charge in [0, 0.05) is 11.2 Å². The van der Waals surface area contributed by atoms with Gasteiger partial charge in [-0.25, -0.2) is 4.68 Å². The zero-order valence-electron chi connectivity index (χ0n) is 10.4. The van der Waals surface area contributed by atoms with Crippen molar-refractivity contribution < 1.29 is 5.11 Å². The molecule has 0 fully saturated rings. The molecule has 3 rings (SSSR count). The van der Waals surface area contributed by atoms with Crippen molar-refractivity contribution in [2.45, 2.75) is 6.10 Å². The number of nitrogens with zero attached hydrogens (tertiary/aromatic N) is 4. The minimum absolute atomic E-state index is 0.434. The molecule has 2 aromatic heterocycles. The van der Waals surface area contributed by atoms with Crippen molar-refractivity contribution in [3.05, 3.63) is 71.3 Å². The third-order valence-electron chi connectivity index (χ3n) is 2.83. The Morgan fingerprint density at radius 1 is 1.10 bits per heavy atom. The van der Waals surface area contributed by atoms with Crippen LogP contribution in [0.2, 0.25) is 5.02 Å². The zero-order chi connectivity index (χ0) is 13.9. The van der Waals surface area contributed by atoms with Gasteiger partial charge < -0.3 is 5.11 Å². The van der Waals surface area contributed by atoms with E-state index in [2.05, 4.69) is 15.3 Å². The maximum Gasteiger partial charge on any atom is 0.141 e. The average molecular weight is 287 g/mol. The van der Waals surface area contributed by atoms with Crippen LogP contribution >= 0.6 is 11.6 Å². The van der Waals surface area contributed by atoms with Crippen LogP contribution in [0.5, 0.6) is 0 Å². The number of aromatic nitrogens is 4. The number of aliphatic hydroxyl groups excluding tert-OH is 1. The summed E-state index contributed by atoms with van der Waals surface area (Å²) in [4.78, 5) is 4.10. The Bertz CT molecular complexity index is 714. The summed E-state index contributed by atoms with van der Waals surface area (Å²) in [6.07, 6.45) is 2.38. The molecule has 1 atom stereocenters. The van der Waals surface area contributed by atoms with Crippen molar-refractivity contribution in [2.75, 3.05) is 0 Å². The highest BCUT2D eigenvalue weighted by Crippen LogP contribution is 2.19. The normalized spacial score (nSPS) is 12.3. The second kappa shape index (κ2) is 5.40. The van der Waals surface area contributed by atoms with E-state index in [0.29, 0.717) is 16.4 Å². The van der Waals surface area contributed by atoms with Crippen LogP contribution in [0.3, 0.4) is 0 Å². The van der Waals surface area contributed by atoms with Gasteiger partial charge in [-0.05, 0) is 30.3 Å². The highest BCUT2D eigenvalue weighted by molar-refractivity contribution is 6.30. The van der Waals surface area contributed by atoms with Gasteiger partial charge >= 0.3 is 0 Å². The van der Waals surface area contributed by atoms with E-state index in [0.717, 1.165) is 5.69 Å². The molecule has 0 aliphatic rings. The Morgan fingerprint density at radius 3 is 2.75 bits per heavy atom. The molecule has 0 amide bonds. The molecule has 100 valence electrons. The predicted molar refractivity (Wildman–Crippen MR) is 74.7 cm³/mol. The fourth-order valence-corrected chi connectivity index (χ4v) is 2.02. The van der Waals surface area contributed by atoms with Crippen LogP contribution in [0.1, 0.15) is 17.5 Å². The molecule has 0 aliphatic carbocycles. The quantitative estimate of drug-likeness (QED) is 0.803. The summed E-state index contributed by atoms with van der Waals surface area (Å²) in [5.41, 5.74) is 1.75. The van der Waals surface area contributed by atoms with E-state index in [4.69, 9.17) is 11.6 Å². The molecule has 5 nitrogen and oxygen atoms in total. The molecule has 3 aromatic rings. The summed E-state index contributed by atoms with van der Waals surface area (Å²) in [5.74, 6) is 0. The highest BCUT2D eigenvalue weighted by atomic mass is 35.5.